The van der Waals surface area contributed by atoms with Crippen molar-refractivity contribution in [2.45, 2.75) is 0 Å². The number of fused-ring (bicyclic) bond motifs is 2. The molecule has 0 aliphatic heterocycles. The Balaban J connectivity index is 1.49. The van der Waals surface area contributed by atoms with Crippen molar-refractivity contribution in [2.24, 2.45) is 0 Å². The lowest BCUT2D eigenvalue weighted by atomic mass is 10.1. The van der Waals surface area contributed by atoms with Gasteiger partial charge in [0.15, 0.2) is 0 Å². The summed E-state index contributed by atoms with van der Waals surface area (Å²) in [6.07, 6.45) is 5.51. The number of H-pyrrole nitrogens is 2. The highest BCUT2D eigenvalue weighted by atomic mass is 32.1. The van der Waals surface area contributed by atoms with E-state index in [4.69, 9.17) is 4.98 Å². The molecule has 6 aromatic rings. The maximum Gasteiger partial charge on any atom is 0.138 e. The van der Waals surface area contributed by atoms with Crippen molar-refractivity contribution in [1.29, 1.82) is 0 Å². The Kier molecular flexibility index (Phi) is 4.26. The van der Waals surface area contributed by atoms with Crippen LogP contribution in [0.25, 0.3) is 55.2 Å². The van der Waals surface area contributed by atoms with E-state index in [1.165, 1.54) is 4.88 Å². The molecule has 0 aliphatic rings. The highest BCUT2D eigenvalue weighted by molar-refractivity contribution is 7.13. The fourth-order valence-corrected chi connectivity index (χ4v) is 4.63. The number of anilines is 1. The number of aromatic nitrogens is 6. The normalized spacial score (nSPS) is 11.4. The van der Waals surface area contributed by atoms with Crippen molar-refractivity contribution in [3.8, 4) is 33.1 Å². The number of hydrogen-bond acceptors (Lipinski definition) is 6. The Bertz CT molecular complexity index is 1560. The van der Waals surface area contributed by atoms with Gasteiger partial charge in [-0.3, -0.25) is 10.1 Å². The van der Waals surface area contributed by atoms with Gasteiger partial charge in [-0.15, -0.1) is 11.3 Å². The molecule has 0 aliphatic carbocycles. The van der Waals surface area contributed by atoms with Gasteiger partial charge in [0.1, 0.15) is 16.9 Å². The van der Waals surface area contributed by atoms with Crippen molar-refractivity contribution in [3.05, 3.63) is 66.4 Å². The van der Waals surface area contributed by atoms with Crippen molar-refractivity contribution in [3.63, 3.8) is 0 Å². The van der Waals surface area contributed by atoms with Crippen LogP contribution in [0.4, 0.5) is 5.69 Å². The molecule has 156 valence electrons. The van der Waals surface area contributed by atoms with Gasteiger partial charge in [-0.1, -0.05) is 6.07 Å². The first kappa shape index (κ1) is 18.7. The number of pyridine rings is 3. The first-order valence-electron chi connectivity index (χ1n) is 10.2. The molecule has 0 atom stereocenters. The van der Waals surface area contributed by atoms with Crippen LogP contribution in [-0.4, -0.2) is 44.2 Å². The van der Waals surface area contributed by atoms with Crippen LogP contribution in [0.2, 0.25) is 0 Å². The van der Waals surface area contributed by atoms with Crippen LogP contribution >= 0.6 is 11.3 Å². The molecule has 8 heteroatoms. The molecule has 0 fully saturated rings. The summed E-state index contributed by atoms with van der Waals surface area (Å²) in [5.41, 5.74) is 8.18. The SMILES string of the molecule is CN(C)c1cncc(-c2ccc3[nH]nc(-c4cc5c(-c6cccs6)ccnc5[nH]4)c3n2)c1. The summed E-state index contributed by atoms with van der Waals surface area (Å²) in [4.78, 5) is 20.5. The molecule has 7 nitrogen and oxygen atoms in total. The largest absolute Gasteiger partial charge is 0.376 e. The molecule has 6 heterocycles. The third kappa shape index (κ3) is 3.04. The van der Waals surface area contributed by atoms with Crippen LogP contribution in [0.5, 0.6) is 0 Å². The van der Waals surface area contributed by atoms with Crippen LogP contribution < -0.4 is 4.90 Å². The summed E-state index contributed by atoms with van der Waals surface area (Å²) in [6, 6.07) is 14.4. The Hall–Kier alpha value is -4.04. The zero-order valence-corrected chi connectivity index (χ0v) is 18.3. The molecule has 2 N–H and O–H groups in total. The fraction of sp³-hybridized carbons (Fsp3) is 0.0833. The van der Waals surface area contributed by atoms with Crippen LogP contribution in [0.3, 0.4) is 0 Å². The number of hydrogen-bond donors (Lipinski definition) is 2. The lowest BCUT2D eigenvalue weighted by Gasteiger charge is -2.12. The predicted molar refractivity (Wildman–Crippen MR) is 130 cm³/mol. The number of rotatable bonds is 4. The molecule has 0 unspecified atom stereocenters. The van der Waals surface area contributed by atoms with Gasteiger partial charge in [0.25, 0.3) is 0 Å². The third-order valence-electron chi connectivity index (χ3n) is 5.52. The molecule has 0 bridgehead atoms. The molecule has 0 amide bonds. The van der Waals surface area contributed by atoms with Gasteiger partial charge in [-0.25, -0.2) is 9.97 Å². The van der Waals surface area contributed by atoms with Crippen molar-refractivity contribution in [1.82, 2.24) is 30.1 Å². The zero-order valence-electron chi connectivity index (χ0n) is 17.5. The van der Waals surface area contributed by atoms with E-state index < -0.39 is 0 Å². The van der Waals surface area contributed by atoms with Crippen LogP contribution in [-0.2, 0) is 0 Å². The second-order valence-electron chi connectivity index (χ2n) is 7.77. The number of aromatic amines is 2. The van der Waals surface area contributed by atoms with Crippen molar-refractivity contribution >= 4 is 39.1 Å². The van der Waals surface area contributed by atoms with Crippen LogP contribution in [0.15, 0.2) is 66.4 Å². The quantitative estimate of drug-likeness (QED) is 0.388. The van der Waals surface area contributed by atoms with Crippen LogP contribution in [0.1, 0.15) is 0 Å². The Labute approximate surface area is 187 Å². The molecule has 0 spiro atoms. The minimum absolute atomic E-state index is 0.772. The summed E-state index contributed by atoms with van der Waals surface area (Å²) in [5.74, 6) is 0. The Morgan fingerprint density at radius 3 is 2.81 bits per heavy atom. The summed E-state index contributed by atoms with van der Waals surface area (Å²) in [7, 11) is 4.00. The maximum atomic E-state index is 4.93. The van der Waals surface area contributed by atoms with Crippen LogP contribution in [0, 0.1) is 0 Å². The van der Waals surface area contributed by atoms with Crippen molar-refractivity contribution < 1.29 is 0 Å². The average Bonchev–Trinajstić information content (AvgIpc) is 3.57. The van der Waals surface area contributed by atoms with Gasteiger partial charge in [0.05, 0.1) is 28.8 Å². The van der Waals surface area contributed by atoms with E-state index in [9.17, 15) is 0 Å². The average molecular weight is 438 g/mol. The highest BCUT2D eigenvalue weighted by Gasteiger charge is 2.16. The van der Waals surface area contributed by atoms with E-state index in [1.807, 2.05) is 49.7 Å². The minimum atomic E-state index is 0.772. The number of nitrogens with zero attached hydrogens (tertiary/aromatic N) is 5. The topological polar surface area (TPSA) is 86.4 Å². The van der Waals surface area contributed by atoms with Gasteiger partial charge >= 0.3 is 0 Å². The standard InChI is InChI=1S/C24H19N7S/c1-31(2)15-10-14(12-25-13-15)18-5-6-19-22(27-18)23(30-29-19)20-11-17-16(21-4-3-9-32-21)7-8-26-24(17)28-20/h3-13H,1-2H3,(H,26,28)(H,29,30). The second kappa shape index (κ2) is 7.28. The van der Waals surface area contributed by atoms with Gasteiger partial charge in [0.2, 0.25) is 0 Å². The third-order valence-corrected chi connectivity index (χ3v) is 6.42. The van der Waals surface area contributed by atoms with E-state index in [0.29, 0.717) is 0 Å². The summed E-state index contributed by atoms with van der Waals surface area (Å²) in [6.45, 7) is 0. The molecular weight excluding hydrogens is 418 g/mol. The van der Waals surface area contributed by atoms with E-state index in [2.05, 4.69) is 60.9 Å². The summed E-state index contributed by atoms with van der Waals surface area (Å²) >= 11 is 1.72. The van der Waals surface area contributed by atoms with Gasteiger partial charge < -0.3 is 9.88 Å². The minimum Gasteiger partial charge on any atom is -0.376 e. The highest BCUT2D eigenvalue weighted by Crippen LogP contribution is 2.35. The second-order valence-corrected chi connectivity index (χ2v) is 8.72. The fourth-order valence-electron chi connectivity index (χ4n) is 3.86. The summed E-state index contributed by atoms with van der Waals surface area (Å²) in [5, 5.41) is 10.8. The van der Waals surface area contributed by atoms with E-state index in [1.54, 1.807) is 11.3 Å². The molecule has 0 saturated carbocycles. The Morgan fingerprint density at radius 2 is 1.97 bits per heavy atom. The van der Waals surface area contributed by atoms with Gasteiger partial charge in [-0.2, -0.15) is 5.10 Å². The number of nitrogens with one attached hydrogen (secondary N) is 2. The van der Waals surface area contributed by atoms with E-state index >= 15 is 0 Å². The van der Waals surface area contributed by atoms with E-state index in [0.717, 1.165) is 56.0 Å². The maximum absolute atomic E-state index is 4.93. The molecule has 0 saturated heterocycles. The predicted octanol–water partition coefficient (Wildman–Crippen LogP) is 5.36. The number of thiophene rings is 1. The zero-order chi connectivity index (χ0) is 21.7. The molecule has 6 aromatic heterocycles. The first-order chi connectivity index (χ1) is 15.7. The molecular formula is C24H19N7S. The lowest BCUT2D eigenvalue weighted by Crippen LogP contribution is -2.08. The van der Waals surface area contributed by atoms with Gasteiger partial charge in [-0.05, 0) is 41.8 Å². The molecule has 0 radical (unpaired) electrons. The molecule has 32 heavy (non-hydrogen) atoms. The molecule has 6 rings (SSSR count). The molecule has 0 aromatic carbocycles. The smallest absolute Gasteiger partial charge is 0.138 e. The van der Waals surface area contributed by atoms with Gasteiger partial charge in [0, 0.05) is 47.9 Å². The van der Waals surface area contributed by atoms with E-state index in [-0.39, 0.29) is 0 Å². The Morgan fingerprint density at radius 1 is 1.03 bits per heavy atom. The summed E-state index contributed by atoms with van der Waals surface area (Å²) < 4.78 is 0. The monoisotopic (exact) mass is 437 g/mol. The van der Waals surface area contributed by atoms with Crippen molar-refractivity contribution in [2.75, 3.05) is 19.0 Å². The first-order valence-corrected chi connectivity index (χ1v) is 11.1. The lowest BCUT2D eigenvalue weighted by molar-refractivity contribution is 1.11.